The van der Waals surface area contributed by atoms with Gasteiger partial charge in [0.1, 0.15) is 16.3 Å². The quantitative estimate of drug-likeness (QED) is 0.699. The first-order valence-electron chi connectivity index (χ1n) is 9.09. The molecular formula is C18H19F3N6OS. The van der Waals surface area contributed by atoms with Crippen LogP contribution in [0.25, 0.3) is 10.2 Å². The van der Waals surface area contributed by atoms with Crippen molar-refractivity contribution in [1.29, 1.82) is 0 Å². The molecule has 154 valence electrons. The summed E-state index contributed by atoms with van der Waals surface area (Å²) in [5.74, 6) is 1.32. The Kier molecular flexibility index (Phi) is 5.03. The summed E-state index contributed by atoms with van der Waals surface area (Å²) in [7, 11) is 0. The number of nitrogens with zero attached hydrogens (tertiary/aromatic N) is 5. The number of aryl methyl sites for hydroxylation is 2. The number of pyridine rings is 1. The lowest BCUT2D eigenvalue weighted by molar-refractivity contribution is -0.140. The molecule has 4 rings (SSSR count). The van der Waals surface area contributed by atoms with Crippen LogP contribution in [0.1, 0.15) is 32.6 Å². The SMILES string of the molecule is Cc1nc(CN2CCN(C(=O)c3sc4nc(C(F)(F)F)ccc4c3C)CC2)n[nH]1. The maximum absolute atomic E-state index is 13.0. The van der Waals surface area contributed by atoms with Gasteiger partial charge in [0, 0.05) is 31.6 Å². The summed E-state index contributed by atoms with van der Waals surface area (Å²) >= 11 is 1.02. The van der Waals surface area contributed by atoms with Gasteiger partial charge in [-0.25, -0.2) is 9.97 Å². The number of piperazine rings is 1. The second-order valence-corrected chi connectivity index (χ2v) is 8.01. The minimum atomic E-state index is -4.51. The van der Waals surface area contributed by atoms with Crippen LogP contribution in [0.2, 0.25) is 0 Å². The van der Waals surface area contributed by atoms with Gasteiger partial charge in [-0.15, -0.1) is 11.3 Å². The third kappa shape index (κ3) is 3.97. The molecule has 0 radical (unpaired) electrons. The summed E-state index contributed by atoms with van der Waals surface area (Å²) in [4.78, 5) is 25.6. The van der Waals surface area contributed by atoms with Gasteiger partial charge in [-0.2, -0.15) is 18.3 Å². The molecule has 0 unspecified atom stereocenters. The van der Waals surface area contributed by atoms with Gasteiger partial charge in [0.2, 0.25) is 0 Å². The van der Waals surface area contributed by atoms with E-state index in [9.17, 15) is 18.0 Å². The standard InChI is InChI=1S/C18H19F3N6OS/c1-10-12-3-4-13(18(19,20)21)23-16(12)29-15(10)17(28)27-7-5-26(6-8-27)9-14-22-11(2)24-25-14/h3-4H,5-9H2,1-2H3,(H,22,24,25). The number of H-pyrrole nitrogens is 1. The summed E-state index contributed by atoms with van der Waals surface area (Å²) in [6.07, 6.45) is -4.51. The van der Waals surface area contributed by atoms with Crippen LogP contribution in [0.5, 0.6) is 0 Å². The first-order chi connectivity index (χ1) is 13.7. The zero-order valence-electron chi connectivity index (χ0n) is 15.9. The van der Waals surface area contributed by atoms with Crippen LogP contribution in [0.4, 0.5) is 13.2 Å². The molecule has 3 aromatic heterocycles. The lowest BCUT2D eigenvalue weighted by Gasteiger charge is -2.34. The van der Waals surface area contributed by atoms with E-state index in [1.54, 1.807) is 11.8 Å². The number of amides is 1. The van der Waals surface area contributed by atoms with Gasteiger partial charge in [0.25, 0.3) is 5.91 Å². The fraction of sp³-hybridized carbons (Fsp3) is 0.444. The molecule has 3 aromatic rings. The van der Waals surface area contributed by atoms with E-state index >= 15 is 0 Å². The molecule has 0 bridgehead atoms. The highest BCUT2D eigenvalue weighted by Crippen LogP contribution is 2.34. The van der Waals surface area contributed by atoms with Crippen LogP contribution >= 0.6 is 11.3 Å². The van der Waals surface area contributed by atoms with E-state index in [4.69, 9.17) is 0 Å². The highest BCUT2D eigenvalue weighted by molar-refractivity contribution is 7.20. The number of thiophene rings is 1. The number of hydrogen-bond acceptors (Lipinski definition) is 6. The number of nitrogens with one attached hydrogen (secondary N) is 1. The molecule has 11 heteroatoms. The van der Waals surface area contributed by atoms with Crippen molar-refractivity contribution in [2.24, 2.45) is 0 Å². The molecule has 1 N–H and O–H groups in total. The number of aromatic nitrogens is 4. The molecule has 7 nitrogen and oxygen atoms in total. The van der Waals surface area contributed by atoms with Gasteiger partial charge < -0.3 is 4.90 Å². The number of rotatable bonds is 3. The van der Waals surface area contributed by atoms with Crippen LogP contribution in [-0.2, 0) is 12.7 Å². The van der Waals surface area contributed by atoms with Gasteiger partial charge in [-0.05, 0) is 31.5 Å². The minimum absolute atomic E-state index is 0.160. The van der Waals surface area contributed by atoms with Crippen LogP contribution in [-0.4, -0.2) is 62.1 Å². The monoisotopic (exact) mass is 424 g/mol. The lowest BCUT2D eigenvalue weighted by atomic mass is 10.1. The number of fused-ring (bicyclic) bond motifs is 1. The second kappa shape index (κ2) is 7.38. The largest absolute Gasteiger partial charge is 0.433 e. The van der Waals surface area contributed by atoms with Gasteiger partial charge in [-0.3, -0.25) is 14.8 Å². The lowest BCUT2D eigenvalue weighted by Crippen LogP contribution is -2.48. The Balaban J connectivity index is 1.47. The maximum atomic E-state index is 13.0. The van der Waals surface area contributed by atoms with Crippen LogP contribution in [0, 0.1) is 13.8 Å². The summed E-state index contributed by atoms with van der Waals surface area (Å²) in [6.45, 7) is 6.64. The van der Waals surface area contributed by atoms with Gasteiger partial charge in [-0.1, -0.05) is 0 Å². The van der Waals surface area contributed by atoms with Gasteiger partial charge in [0.05, 0.1) is 11.4 Å². The first-order valence-corrected chi connectivity index (χ1v) is 9.91. The number of halogens is 3. The number of hydrogen-bond donors (Lipinski definition) is 1. The van der Waals surface area contributed by atoms with Crippen molar-refractivity contribution in [3.63, 3.8) is 0 Å². The summed E-state index contributed by atoms with van der Waals surface area (Å²) in [5.41, 5.74) is -0.268. The fourth-order valence-electron chi connectivity index (χ4n) is 3.37. The van der Waals surface area contributed by atoms with Gasteiger partial charge in [0.15, 0.2) is 5.82 Å². The van der Waals surface area contributed by atoms with Crippen molar-refractivity contribution in [2.45, 2.75) is 26.6 Å². The minimum Gasteiger partial charge on any atom is -0.335 e. The van der Waals surface area contributed by atoms with Crippen molar-refractivity contribution in [3.05, 3.63) is 39.9 Å². The van der Waals surface area contributed by atoms with Crippen molar-refractivity contribution < 1.29 is 18.0 Å². The van der Waals surface area contributed by atoms with Gasteiger partial charge >= 0.3 is 6.18 Å². The first kappa shape index (κ1) is 19.8. The molecule has 0 saturated carbocycles. The number of carbonyl (C=O) groups is 1. The Morgan fingerprint density at radius 3 is 2.52 bits per heavy atom. The van der Waals surface area contributed by atoms with Crippen LogP contribution in [0.3, 0.4) is 0 Å². The maximum Gasteiger partial charge on any atom is 0.433 e. The molecule has 1 aliphatic heterocycles. The molecule has 1 amide bonds. The third-order valence-electron chi connectivity index (χ3n) is 4.96. The Morgan fingerprint density at radius 2 is 1.90 bits per heavy atom. The van der Waals surface area contributed by atoms with Crippen molar-refractivity contribution in [3.8, 4) is 0 Å². The normalized spacial score (nSPS) is 16.0. The second-order valence-electron chi connectivity index (χ2n) is 7.01. The van der Waals surface area contributed by atoms with E-state index in [0.717, 1.165) is 23.2 Å². The molecule has 29 heavy (non-hydrogen) atoms. The molecule has 1 aliphatic rings. The highest BCUT2D eigenvalue weighted by atomic mass is 32.1. The molecule has 0 spiro atoms. The molecule has 4 heterocycles. The van der Waals surface area contributed by atoms with E-state index in [0.29, 0.717) is 54.4 Å². The van der Waals surface area contributed by atoms with E-state index in [-0.39, 0.29) is 10.7 Å². The van der Waals surface area contributed by atoms with Crippen LogP contribution in [0.15, 0.2) is 12.1 Å². The Hall–Kier alpha value is -2.53. The predicted octanol–water partition coefficient (Wildman–Crippen LogP) is 3.01. The van der Waals surface area contributed by atoms with Crippen molar-refractivity contribution in [2.75, 3.05) is 26.2 Å². The Labute approximate surface area is 168 Å². The van der Waals surface area contributed by atoms with Crippen molar-refractivity contribution in [1.82, 2.24) is 30.0 Å². The molecule has 1 saturated heterocycles. The number of alkyl halides is 3. The van der Waals surface area contributed by atoms with E-state index in [1.807, 2.05) is 6.92 Å². The average molecular weight is 424 g/mol. The molecule has 1 fully saturated rings. The van der Waals surface area contributed by atoms with E-state index in [1.165, 1.54) is 6.07 Å². The topological polar surface area (TPSA) is 78.0 Å². The van der Waals surface area contributed by atoms with Crippen LogP contribution < -0.4 is 0 Å². The zero-order chi connectivity index (χ0) is 20.8. The fourth-order valence-corrected chi connectivity index (χ4v) is 4.52. The molecular weight excluding hydrogens is 405 g/mol. The summed E-state index contributed by atoms with van der Waals surface area (Å²) in [5, 5.41) is 7.53. The average Bonchev–Trinajstić information content (AvgIpc) is 3.24. The molecule has 0 aliphatic carbocycles. The van der Waals surface area contributed by atoms with E-state index in [2.05, 4.69) is 25.1 Å². The Bertz CT molecular complexity index is 1050. The number of aromatic amines is 1. The molecule has 0 atom stereocenters. The number of carbonyl (C=O) groups excluding carboxylic acids is 1. The smallest absolute Gasteiger partial charge is 0.335 e. The van der Waals surface area contributed by atoms with E-state index < -0.39 is 11.9 Å². The summed E-state index contributed by atoms with van der Waals surface area (Å²) < 4.78 is 38.8. The summed E-state index contributed by atoms with van der Waals surface area (Å²) in [6, 6.07) is 2.35. The third-order valence-corrected chi connectivity index (χ3v) is 6.15. The van der Waals surface area contributed by atoms with Crippen molar-refractivity contribution >= 4 is 27.5 Å². The Morgan fingerprint density at radius 1 is 1.17 bits per heavy atom. The highest BCUT2D eigenvalue weighted by Gasteiger charge is 2.33. The zero-order valence-corrected chi connectivity index (χ0v) is 16.7. The predicted molar refractivity (Wildman–Crippen MR) is 102 cm³/mol. The molecule has 0 aromatic carbocycles.